The molecule has 48 heavy (non-hydrogen) atoms. The Labute approximate surface area is 277 Å². The lowest BCUT2D eigenvalue weighted by molar-refractivity contribution is -0.0478. The van der Waals surface area contributed by atoms with E-state index < -0.39 is 30.4 Å². The average molecular weight is 656 g/mol. The molecule has 1 unspecified atom stereocenters. The van der Waals surface area contributed by atoms with E-state index in [0.717, 1.165) is 24.2 Å². The number of imidazole rings is 1. The van der Waals surface area contributed by atoms with E-state index in [1.807, 2.05) is 34.9 Å². The number of hydrogen-bond donors (Lipinski definition) is 4. The van der Waals surface area contributed by atoms with E-state index in [4.69, 9.17) is 20.2 Å². The molecule has 0 bridgehead atoms. The van der Waals surface area contributed by atoms with E-state index >= 15 is 0 Å². The zero-order valence-corrected chi connectivity index (χ0v) is 27.1. The van der Waals surface area contributed by atoms with Crippen molar-refractivity contribution in [2.45, 2.75) is 76.5 Å². The van der Waals surface area contributed by atoms with Crippen molar-refractivity contribution >= 4 is 22.9 Å². The lowest BCUT2D eigenvalue weighted by atomic mass is 10.1. The van der Waals surface area contributed by atoms with Gasteiger partial charge in [0.1, 0.15) is 41.9 Å². The van der Waals surface area contributed by atoms with Gasteiger partial charge in [-0.05, 0) is 30.7 Å². The van der Waals surface area contributed by atoms with Gasteiger partial charge in [-0.3, -0.25) is 4.79 Å². The van der Waals surface area contributed by atoms with E-state index in [9.17, 15) is 15.0 Å². The second-order valence-electron chi connectivity index (χ2n) is 11.8. The van der Waals surface area contributed by atoms with Crippen molar-refractivity contribution in [3.8, 4) is 28.4 Å². The fourth-order valence-corrected chi connectivity index (χ4v) is 6.05. The normalized spacial score (nSPS) is 19.2. The van der Waals surface area contributed by atoms with Gasteiger partial charge in [0.25, 0.3) is 5.91 Å². The number of aromatic nitrogens is 7. The minimum absolute atomic E-state index is 0.0754. The molecule has 1 fully saturated rings. The van der Waals surface area contributed by atoms with Gasteiger partial charge in [0, 0.05) is 18.2 Å². The predicted octanol–water partition coefficient (Wildman–Crippen LogP) is 3.95. The van der Waals surface area contributed by atoms with Crippen LogP contribution in [0.5, 0.6) is 5.75 Å². The van der Waals surface area contributed by atoms with Crippen molar-refractivity contribution in [3.63, 3.8) is 0 Å². The number of rotatable bonds is 15. The van der Waals surface area contributed by atoms with Crippen LogP contribution in [0, 0.1) is 0 Å². The van der Waals surface area contributed by atoms with Gasteiger partial charge in [-0.1, -0.05) is 74.6 Å². The Hall–Kier alpha value is -4.92. The predicted molar refractivity (Wildman–Crippen MR) is 179 cm³/mol. The summed E-state index contributed by atoms with van der Waals surface area (Å²) in [5.41, 5.74) is 8.26. The molecule has 4 heterocycles. The van der Waals surface area contributed by atoms with E-state index in [0.29, 0.717) is 35.0 Å². The van der Waals surface area contributed by atoms with Crippen molar-refractivity contribution in [3.05, 3.63) is 66.6 Å². The Kier molecular flexibility index (Phi) is 10.2. The number of carbonyl (C=O) groups is 1. The van der Waals surface area contributed by atoms with E-state index in [1.165, 1.54) is 36.7 Å². The van der Waals surface area contributed by atoms with Gasteiger partial charge < -0.3 is 35.3 Å². The third-order valence-electron chi connectivity index (χ3n) is 8.56. The number of carbonyl (C=O) groups excluding carboxylic acids is 1. The molecule has 0 aliphatic carbocycles. The van der Waals surface area contributed by atoms with Gasteiger partial charge >= 0.3 is 0 Å². The van der Waals surface area contributed by atoms with Crippen LogP contribution in [0.25, 0.3) is 33.8 Å². The topological polar surface area (TPSA) is 188 Å². The smallest absolute Gasteiger partial charge is 0.271 e. The molecule has 4 atom stereocenters. The number of nitrogens with two attached hydrogens (primary N) is 1. The Bertz CT molecular complexity index is 1830. The minimum Gasteiger partial charge on any atom is -0.494 e. The third-order valence-corrected chi connectivity index (χ3v) is 8.56. The first kappa shape index (κ1) is 33.0. The maximum absolute atomic E-state index is 12.2. The molecule has 3 aromatic heterocycles. The molecule has 5 N–H and O–H groups in total. The minimum atomic E-state index is -1.40. The van der Waals surface area contributed by atoms with Crippen molar-refractivity contribution < 1.29 is 24.5 Å². The third kappa shape index (κ3) is 6.72. The second-order valence-corrected chi connectivity index (χ2v) is 11.8. The van der Waals surface area contributed by atoms with Crippen LogP contribution in [0.2, 0.25) is 0 Å². The summed E-state index contributed by atoms with van der Waals surface area (Å²) in [5.74, 6) is 1.10. The molecule has 1 amide bonds. The number of benzene rings is 2. The Morgan fingerprint density at radius 2 is 1.73 bits per heavy atom. The Morgan fingerprint density at radius 1 is 0.979 bits per heavy atom. The molecule has 1 aliphatic heterocycles. The van der Waals surface area contributed by atoms with Crippen molar-refractivity contribution in [2.24, 2.45) is 5.73 Å². The highest BCUT2D eigenvalue weighted by atomic mass is 16.6. The zero-order valence-electron chi connectivity index (χ0n) is 27.1. The number of unbranched alkanes of at least 4 members (excludes halogenated alkanes) is 5. The van der Waals surface area contributed by atoms with Crippen LogP contribution in [0.4, 0.5) is 5.82 Å². The molecule has 252 valence electrons. The highest BCUT2D eigenvalue weighted by molar-refractivity contribution is 5.96. The number of aliphatic hydroxyl groups excluding tert-OH is 2. The molecule has 2 aromatic carbocycles. The maximum Gasteiger partial charge on any atom is 0.271 e. The largest absolute Gasteiger partial charge is 0.494 e. The SMILES string of the molecule is CCCCCCCCOc1ccc(-c2nc3c(NC)ncnc3n2C[C@H]2OC(n3nnc(C(N)=O)c3-c3ccccc3)[C@H](O)[C@@H]2O)cc1. The summed E-state index contributed by atoms with van der Waals surface area (Å²) in [6.07, 6.45) is 3.78. The molecular formula is C34H41N9O5. The first-order chi connectivity index (χ1) is 23.4. The summed E-state index contributed by atoms with van der Waals surface area (Å²) in [6, 6.07) is 16.6. The summed E-state index contributed by atoms with van der Waals surface area (Å²) in [7, 11) is 1.75. The fraction of sp³-hybridized carbons (Fsp3) is 0.412. The van der Waals surface area contributed by atoms with Gasteiger partial charge in [0.05, 0.1) is 13.2 Å². The summed E-state index contributed by atoms with van der Waals surface area (Å²) in [5, 5.41) is 33.7. The molecule has 0 radical (unpaired) electrons. The number of amides is 1. The van der Waals surface area contributed by atoms with Crippen LogP contribution in [0.1, 0.15) is 62.2 Å². The van der Waals surface area contributed by atoms with Gasteiger partial charge in [-0.2, -0.15) is 0 Å². The lowest BCUT2D eigenvalue weighted by Gasteiger charge is -2.18. The highest BCUT2D eigenvalue weighted by Crippen LogP contribution is 2.36. The van der Waals surface area contributed by atoms with E-state index in [1.54, 1.807) is 31.3 Å². The summed E-state index contributed by atoms with van der Waals surface area (Å²) in [4.78, 5) is 26.0. The number of ether oxygens (including phenoxy) is 2. The number of nitrogens with zero attached hydrogens (tertiary/aromatic N) is 7. The number of nitrogens with one attached hydrogen (secondary N) is 1. The second kappa shape index (κ2) is 14.9. The Morgan fingerprint density at radius 3 is 2.46 bits per heavy atom. The highest BCUT2D eigenvalue weighted by Gasteiger charge is 2.46. The van der Waals surface area contributed by atoms with Crippen LogP contribution < -0.4 is 15.8 Å². The van der Waals surface area contributed by atoms with Crippen LogP contribution in [-0.2, 0) is 11.3 Å². The summed E-state index contributed by atoms with van der Waals surface area (Å²) >= 11 is 0. The number of primary amides is 1. The molecule has 1 saturated heterocycles. The quantitative estimate of drug-likeness (QED) is 0.120. The molecule has 5 aromatic rings. The lowest BCUT2D eigenvalue weighted by Crippen LogP contribution is -2.34. The van der Waals surface area contributed by atoms with Crippen molar-refractivity contribution in [1.82, 2.24) is 34.5 Å². The molecule has 1 aliphatic rings. The molecule has 14 heteroatoms. The van der Waals surface area contributed by atoms with Crippen LogP contribution in [0.3, 0.4) is 0 Å². The summed E-state index contributed by atoms with van der Waals surface area (Å²) < 4.78 is 15.4. The summed E-state index contributed by atoms with van der Waals surface area (Å²) in [6.45, 7) is 2.95. The molecule has 0 spiro atoms. The van der Waals surface area contributed by atoms with Gasteiger partial charge in [0.15, 0.2) is 28.9 Å². The maximum atomic E-state index is 12.2. The molecule has 14 nitrogen and oxygen atoms in total. The number of hydrogen-bond acceptors (Lipinski definition) is 11. The Balaban J connectivity index is 1.26. The van der Waals surface area contributed by atoms with Crippen molar-refractivity contribution in [1.29, 1.82) is 0 Å². The number of aliphatic hydroxyl groups is 2. The number of fused-ring (bicyclic) bond motifs is 1. The monoisotopic (exact) mass is 655 g/mol. The van der Waals surface area contributed by atoms with Gasteiger partial charge in [0.2, 0.25) is 0 Å². The van der Waals surface area contributed by atoms with Gasteiger partial charge in [-0.25, -0.2) is 19.6 Å². The van der Waals surface area contributed by atoms with Crippen molar-refractivity contribution in [2.75, 3.05) is 19.0 Å². The number of anilines is 1. The van der Waals surface area contributed by atoms with Gasteiger partial charge in [-0.15, -0.1) is 5.10 Å². The zero-order chi connectivity index (χ0) is 33.6. The first-order valence-electron chi connectivity index (χ1n) is 16.4. The van der Waals surface area contributed by atoms with E-state index in [2.05, 4.69) is 32.5 Å². The van der Waals surface area contributed by atoms with Crippen LogP contribution in [-0.4, -0.2) is 82.6 Å². The van der Waals surface area contributed by atoms with Crippen LogP contribution in [0.15, 0.2) is 60.9 Å². The molecule has 0 saturated carbocycles. The van der Waals surface area contributed by atoms with E-state index in [-0.39, 0.29) is 17.9 Å². The standard InChI is InChI=1S/C34H41N9O5/c1-3-4-5-6-7-11-18-47-23-16-14-22(15-17-23)32-39-26-31(36-2)37-20-38-33(26)42(32)19-24-28(44)29(45)34(48-24)43-27(21-12-9-8-10-13-21)25(30(35)46)40-41-43/h8-10,12-17,20,24,28-29,34,44-45H,3-7,11,18-19H2,1-2H3,(H2,35,46)(H,36,37,38)/t24-,28-,29-,34?/m1/s1. The molecule has 6 rings (SSSR count). The molecular weight excluding hydrogens is 614 g/mol. The fourth-order valence-electron chi connectivity index (χ4n) is 6.05. The van der Waals surface area contributed by atoms with Crippen LogP contribution >= 0.6 is 0 Å². The average Bonchev–Trinajstić information content (AvgIpc) is 3.79. The first-order valence-corrected chi connectivity index (χ1v) is 16.4.